The summed E-state index contributed by atoms with van der Waals surface area (Å²) in [5, 5.41) is 8.42. The molecule has 0 saturated heterocycles. The Bertz CT molecular complexity index is 278. The fourth-order valence-electron chi connectivity index (χ4n) is 0.602. The molecule has 56 valence electrons. The molecule has 0 amide bonds. The van der Waals surface area contributed by atoms with Gasteiger partial charge in [-0.25, -0.2) is 4.79 Å². The number of rotatable bonds is 2. The third kappa shape index (κ3) is 1.61. The number of carboxylic acid groups (broad SMARTS) is 1. The lowest BCUT2D eigenvalue weighted by Crippen LogP contribution is -1.97. The molecule has 0 saturated carbocycles. The zero-order valence-corrected chi connectivity index (χ0v) is 5.52. The molecule has 0 aliphatic heterocycles. The van der Waals surface area contributed by atoms with Crippen LogP contribution in [0.25, 0.3) is 0 Å². The molecule has 4 nitrogen and oxygen atoms in total. The highest BCUT2D eigenvalue weighted by molar-refractivity contribution is 5.87. The van der Waals surface area contributed by atoms with Crippen molar-refractivity contribution in [1.82, 2.24) is 4.98 Å². The van der Waals surface area contributed by atoms with Crippen molar-refractivity contribution in [3.8, 4) is 0 Å². The first-order valence-corrected chi connectivity index (χ1v) is 2.88. The number of carbonyl (C=O) groups excluding carboxylic acids is 1. The molecule has 0 fully saturated rings. The minimum atomic E-state index is -1.05. The lowest BCUT2D eigenvalue weighted by molar-refractivity contribution is 0.0696. The minimum Gasteiger partial charge on any atom is -0.478 e. The third-order valence-electron chi connectivity index (χ3n) is 1.15. The van der Waals surface area contributed by atoms with Crippen LogP contribution in [0.15, 0.2) is 18.3 Å². The first-order valence-electron chi connectivity index (χ1n) is 2.88. The maximum atomic E-state index is 10.3. The van der Waals surface area contributed by atoms with E-state index >= 15 is 0 Å². The van der Waals surface area contributed by atoms with Crippen LogP contribution < -0.4 is 0 Å². The van der Waals surface area contributed by atoms with Crippen molar-refractivity contribution in [2.45, 2.75) is 0 Å². The number of nitrogens with zero attached hydrogens (tertiary/aromatic N) is 1. The van der Waals surface area contributed by atoms with Gasteiger partial charge in [-0.3, -0.25) is 9.78 Å². The van der Waals surface area contributed by atoms with E-state index in [9.17, 15) is 9.59 Å². The molecule has 0 bridgehead atoms. The third-order valence-corrected chi connectivity index (χ3v) is 1.15. The van der Waals surface area contributed by atoms with E-state index in [1.165, 1.54) is 12.1 Å². The molecule has 1 rings (SSSR count). The minimum absolute atomic E-state index is 0.0793. The molecular weight excluding hydrogens is 146 g/mol. The number of hydrogen-bond donors (Lipinski definition) is 1. The molecule has 0 radical (unpaired) electrons. The van der Waals surface area contributed by atoms with Crippen LogP contribution in [0.5, 0.6) is 0 Å². The summed E-state index contributed by atoms with van der Waals surface area (Å²) in [7, 11) is 0. The van der Waals surface area contributed by atoms with Gasteiger partial charge in [0.2, 0.25) is 0 Å². The molecule has 0 aliphatic rings. The fourth-order valence-corrected chi connectivity index (χ4v) is 0.602. The van der Waals surface area contributed by atoms with Gasteiger partial charge in [-0.2, -0.15) is 0 Å². The van der Waals surface area contributed by atoms with Gasteiger partial charge < -0.3 is 5.11 Å². The molecule has 0 aliphatic carbocycles. The lowest BCUT2D eigenvalue weighted by Gasteiger charge is -1.91. The van der Waals surface area contributed by atoms with Crippen molar-refractivity contribution in [1.29, 1.82) is 0 Å². The largest absolute Gasteiger partial charge is 0.478 e. The van der Waals surface area contributed by atoms with Gasteiger partial charge in [0.25, 0.3) is 0 Å². The lowest BCUT2D eigenvalue weighted by atomic mass is 10.2. The number of carbonyl (C=O) groups is 2. The predicted molar refractivity (Wildman–Crippen MR) is 36.6 cm³/mol. The van der Waals surface area contributed by atoms with E-state index in [1.807, 2.05) is 0 Å². The van der Waals surface area contributed by atoms with Crippen LogP contribution in [0.3, 0.4) is 0 Å². The SMILES string of the molecule is O=Cc1ccc(C(=O)O)cn1. The van der Waals surface area contributed by atoms with E-state index in [0.717, 1.165) is 6.20 Å². The number of hydrogen-bond acceptors (Lipinski definition) is 3. The van der Waals surface area contributed by atoms with Crippen LogP contribution in [0.1, 0.15) is 20.8 Å². The second kappa shape index (κ2) is 2.92. The number of carboxylic acids is 1. The van der Waals surface area contributed by atoms with Crippen LogP contribution in [-0.2, 0) is 0 Å². The summed E-state index contributed by atoms with van der Waals surface area (Å²) in [4.78, 5) is 23.9. The highest BCUT2D eigenvalue weighted by Crippen LogP contribution is 1.97. The van der Waals surface area contributed by atoms with Gasteiger partial charge in [-0.15, -0.1) is 0 Å². The van der Waals surface area contributed by atoms with Crippen molar-refractivity contribution in [3.63, 3.8) is 0 Å². The Morgan fingerprint density at radius 3 is 2.64 bits per heavy atom. The van der Waals surface area contributed by atoms with E-state index in [1.54, 1.807) is 0 Å². The Labute approximate surface area is 62.5 Å². The number of pyridine rings is 1. The number of aldehydes is 1. The van der Waals surface area contributed by atoms with Crippen molar-refractivity contribution in [2.75, 3.05) is 0 Å². The molecule has 0 unspecified atom stereocenters. The first kappa shape index (κ1) is 7.40. The quantitative estimate of drug-likeness (QED) is 0.628. The zero-order valence-electron chi connectivity index (χ0n) is 5.52. The topological polar surface area (TPSA) is 67.3 Å². The summed E-state index contributed by atoms with van der Waals surface area (Å²) in [5.74, 6) is -1.05. The van der Waals surface area contributed by atoms with Gasteiger partial charge in [0, 0.05) is 6.20 Å². The van der Waals surface area contributed by atoms with Crippen LogP contribution in [0, 0.1) is 0 Å². The number of aromatic carboxylic acids is 1. The second-order valence-electron chi connectivity index (χ2n) is 1.89. The molecule has 1 aromatic rings. The summed E-state index contributed by atoms with van der Waals surface area (Å²) >= 11 is 0. The molecule has 0 atom stereocenters. The van der Waals surface area contributed by atoms with Gasteiger partial charge in [-0.05, 0) is 12.1 Å². The molecule has 1 heterocycles. The highest BCUT2D eigenvalue weighted by Gasteiger charge is 2.01. The van der Waals surface area contributed by atoms with Gasteiger partial charge in [-0.1, -0.05) is 0 Å². The Balaban J connectivity index is 3.00. The van der Waals surface area contributed by atoms with E-state index in [-0.39, 0.29) is 11.3 Å². The molecule has 1 aromatic heterocycles. The monoisotopic (exact) mass is 151 g/mol. The van der Waals surface area contributed by atoms with E-state index in [4.69, 9.17) is 5.11 Å². The molecular formula is C7H5NO3. The smallest absolute Gasteiger partial charge is 0.337 e. The standard InChI is InChI=1S/C7H5NO3/c9-4-6-2-1-5(3-8-6)7(10)11/h1-4H,(H,10,11). The van der Waals surface area contributed by atoms with Crippen LogP contribution >= 0.6 is 0 Å². The molecule has 0 spiro atoms. The highest BCUT2D eigenvalue weighted by atomic mass is 16.4. The summed E-state index contributed by atoms with van der Waals surface area (Å²) in [5.41, 5.74) is 0.311. The van der Waals surface area contributed by atoms with Gasteiger partial charge in [0.15, 0.2) is 6.29 Å². The van der Waals surface area contributed by atoms with Gasteiger partial charge in [0.1, 0.15) is 5.69 Å². The van der Waals surface area contributed by atoms with Gasteiger partial charge >= 0.3 is 5.97 Å². The first-order chi connectivity index (χ1) is 5.24. The van der Waals surface area contributed by atoms with Crippen LogP contribution in [0.2, 0.25) is 0 Å². The van der Waals surface area contributed by atoms with Crippen LogP contribution in [0.4, 0.5) is 0 Å². The van der Waals surface area contributed by atoms with Crippen LogP contribution in [-0.4, -0.2) is 22.3 Å². The molecule has 11 heavy (non-hydrogen) atoms. The summed E-state index contributed by atoms with van der Waals surface area (Å²) < 4.78 is 0. The second-order valence-corrected chi connectivity index (χ2v) is 1.89. The van der Waals surface area contributed by atoms with Gasteiger partial charge in [0.05, 0.1) is 5.56 Å². The molecule has 4 heteroatoms. The summed E-state index contributed by atoms with van der Waals surface area (Å²) in [6.45, 7) is 0. The Hall–Kier alpha value is -1.71. The van der Waals surface area contributed by atoms with Crippen molar-refractivity contribution in [2.24, 2.45) is 0 Å². The van der Waals surface area contributed by atoms with Crippen molar-refractivity contribution < 1.29 is 14.7 Å². The normalized spacial score (nSPS) is 9.09. The van der Waals surface area contributed by atoms with E-state index < -0.39 is 5.97 Å². The average Bonchev–Trinajstić information content (AvgIpc) is 2.05. The van der Waals surface area contributed by atoms with E-state index in [0.29, 0.717) is 6.29 Å². The Morgan fingerprint density at radius 2 is 2.27 bits per heavy atom. The maximum absolute atomic E-state index is 10.3. The predicted octanol–water partition coefficient (Wildman–Crippen LogP) is 0.592. The Kier molecular flexibility index (Phi) is 1.96. The van der Waals surface area contributed by atoms with Crippen molar-refractivity contribution >= 4 is 12.3 Å². The fraction of sp³-hybridized carbons (Fsp3) is 0. The maximum Gasteiger partial charge on any atom is 0.337 e. The number of aromatic nitrogens is 1. The van der Waals surface area contributed by atoms with E-state index in [2.05, 4.69) is 4.98 Å². The molecule has 0 aromatic carbocycles. The zero-order chi connectivity index (χ0) is 8.27. The average molecular weight is 151 g/mol. The summed E-state index contributed by atoms with van der Waals surface area (Å²) in [6, 6.07) is 2.69. The molecule has 1 N–H and O–H groups in total. The Morgan fingerprint density at radius 1 is 1.55 bits per heavy atom. The summed E-state index contributed by atoms with van der Waals surface area (Å²) in [6.07, 6.45) is 1.71. The van der Waals surface area contributed by atoms with Crippen molar-refractivity contribution in [3.05, 3.63) is 29.6 Å².